The van der Waals surface area contributed by atoms with Crippen molar-refractivity contribution in [3.8, 4) is 0 Å². The smallest absolute Gasteiger partial charge is 0.282 e. The third kappa shape index (κ3) is 3.21. The van der Waals surface area contributed by atoms with Crippen LogP contribution in [0.2, 0.25) is 0 Å². The molecule has 1 aromatic rings. The fraction of sp³-hybridized carbons (Fsp3) is 0.364. The number of primary amides is 1. The molecule has 0 fully saturated rings. The van der Waals surface area contributed by atoms with Crippen LogP contribution in [0.25, 0.3) is 0 Å². The molecule has 0 aliphatic carbocycles. The van der Waals surface area contributed by atoms with Gasteiger partial charge in [-0.25, -0.2) is 0 Å². The number of amides is 1. The number of nitro benzene ring substituents is 1. The highest BCUT2D eigenvalue weighted by Gasteiger charge is 2.30. The van der Waals surface area contributed by atoms with Gasteiger partial charge in [0, 0.05) is 11.8 Å². The van der Waals surface area contributed by atoms with Crippen molar-refractivity contribution in [1.82, 2.24) is 5.32 Å². The highest BCUT2D eigenvalue weighted by atomic mass is 32.2. The molecule has 0 aliphatic rings. The summed E-state index contributed by atoms with van der Waals surface area (Å²) in [5.74, 6) is -0.167. The molecule has 0 spiro atoms. The Morgan fingerprint density at radius 1 is 1.56 bits per heavy atom. The van der Waals surface area contributed by atoms with Gasteiger partial charge in [0.25, 0.3) is 5.69 Å². The average Bonchev–Trinajstić information content (AvgIpc) is 2.35. The second-order valence-electron chi connectivity index (χ2n) is 3.96. The van der Waals surface area contributed by atoms with Gasteiger partial charge in [-0.2, -0.15) is 0 Å². The number of carbonyl (C=O) groups excluding carboxylic acids is 1. The number of rotatable bonds is 6. The van der Waals surface area contributed by atoms with Crippen molar-refractivity contribution in [2.75, 3.05) is 12.8 Å². The van der Waals surface area contributed by atoms with Crippen LogP contribution in [0.1, 0.15) is 6.92 Å². The zero-order chi connectivity index (χ0) is 13.8. The first-order valence-electron chi connectivity index (χ1n) is 5.26. The van der Waals surface area contributed by atoms with Crippen LogP contribution in [0.5, 0.6) is 0 Å². The molecule has 0 aliphatic heterocycles. The number of hydrogen-bond donors (Lipinski definition) is 2. The Hall–Kier alpha value is -1.60. The summed E-state index contributed by atoms with van der Waals surface area (Å²) in [5.41, 5.74) is 4.43. The number of likely N-dealkylation sites (N-methyl/N-ethyl adjacent to an activating group) is 1. The number of nitrogens with two attached hydrogens (primary N) is 1. The van der Waals surface area contributed by atoms with Crippen molar-refractivity contribution in [2.45, 2.75) is 17.4 Å². The van der Waals surface area contributed by atoms with E-state index in [-0.39, 0.29) is 5.69 Å². The van der Waals surface area contributed by atoms with Gasteiger partial charge in [0.2, 0.25) is 5.91 Å². The van der Waals surface area contributed by atoms with E-state index in [2.05, 4.69) is 5.32 Å². The van der Waals surface area contributed by atoms with Crippen LogP contribution in [-0.4, -0.2) is 29.2 Å². The van der Waals surface area contributed by atoms with Crippen molar-refractivity contribution in [3.63, 3.8) is 0 Å². The fourth-order valence-electron chi connectivity index (χ4n) is 1.22. The Balaban J connectivity index is 2.86. The molecule has 98 valence electrons. The van der Waals surface area contributed by atoms with E-state index in [4.69, 9.17) is 5.73 Å². The maximum absolute atomic E-state index is 11.3. The number of hydrogen-bond acceptors (Lipinski definition) is 5. The summed E-state index contributed by atoms with van der Waals surface area (Å²) in [4.78, 5) is 22.2. The van der Waals surface area contributed by atoms with Gasteiger partial charge in [-0.15, -0.1) is 11.8 Å². The van der Waals surface area contributed by atoms with Crippen LogP contribution in [-0.2, 0) is 4.79 Å². The van der Waals surface area contributed by atoms with Gasteiger partial charge < -0.3 is 11.1 Å². The molecule has 7 heteroatoms. The topological polar surface area (TPSA) is 98.3 Å². The molecule has 1 rings (SSSR count). The van der Waals surface area contributed by atoms with Crippen LogP contribution < -0.4 is 11.1 Å². The van der Waals surface area contributed by atoms with Gasteiger partial charge in [-0.3, -0.25) is 14.9 Å². The van der Waals surface area contributed by atoms with E-state index in [0.29, 0.717) is 10.6 Å². The van der Waals surface area contributed by atoms with E-state index in [1.165, 1.54) is 17.8 Å². The lowest BCUT2D eigenvalue weighted by Gasteiger charge is -2.24. The van der Waals surface area contributed by atoms with Gasteiger partial charge in [-0.1, -0.05) is 12.1 Å². The van der Waals surface area contributed by atoms with E-state index in [1.807, 2.05) is 0 Å². The molecule has 1 atom stereocenters. The largest absolute Gasteiger partial charge is 0.368 e. The summed E-state index contributed by atoms with van der Waals surface area (Å²) in [6.45, 7) is 1.66. The Morgan fingerprint density at radius 3 is 2.67 bits per heavy atom. The van der Waals surface area contributed by atoms with Crippen LogP contribution in [0.4, 0.5) is 5.69 Å². The minimum absolute atomic E-state index is 0.0328. The second kappa shape index (κ2) is 5.83. The minimum Gasteiger partial charge on any atom is -0.368 e. The molecule has 0 saturated carbocycles. The summed E-state index contributed by atoms with van der Waals surface area (Å²) >= 11 is 1.23. The summed E-state index contributed by atoms with van der Waals surface area (Å²) < 4.78 is 0. The summed E-state index contributed by atoms with van der Waals surface area (Å²) in [6, 6.07) is 6.41. The van der Waals surface area contributed by atoms with E-state index in [1.54, 1.807) is 32.2 Å². The van der Waals surface area contributed by atoms with E-state index >= 15 is 0 Å². The van der Waals surface area contributed by atoms with Crippen molar-refractivity contribution >= 4 is 23.4 Å². The van der Waals surface area contributed by atoms with Gasteiger partial charge in [0.15, 0.2) is 0 Å². The highest BCUT2D eigenvalue weighted by molar-refractivity contribution is 7.99. The van der Waals surface area contributed by atoms with Gasteiger partial charge in [0.05, 0.1) is 9.82 Å². The first-order chi connectivity index (χ1) is 8.40. The van der Waals surface area contributed by atoms with E-state index in [0.717, 1.165) is 0 Å². The van der Waals surface area contributed by atoms with Crippen molar-refractivity contribution in [2.24, 2.45) is 5.73 Å². The number of nitrogens with one attached hydrogen (secondary N) is 1. The SMILES string of the molecule is CNC(C)(CSc1ccccc1[N+](=O)[O-])C(N)=O. The van der Waals surface area contributed by atoms with Gasteiger partial charge in [0.1, 0.15) is 5.54 Å². The van der Waals surface area contributed by atoms with Crippen molar-refractivity contribution < 1.29 is 9.72 Å². The third-order valence-corrected chi connectivity index (χ3v) is 4.05. The maximum atomic E-state index is 11.3. The molecule has 3 N–H and O–H groups in total. The lowest BCUT2D eigenvalue weighted by molar-refractivity contribution is -0.387. The second-order valence-corrected chi connectivity index (χ2v) is 4.98. The molecule has 0 aromatic heterocycles. The number of para-hydroxylation sites is 1. The van der Waals surface area contributed by atoms with Crippen LogP contribution in [0.3, 0.4) is 0 Å². The minimum atomic E-state index is -0.894. The third-order valence-electron chi connectivity index (χ3n) is 2.67. The lowest BCUT2D eigenvalue weighted by atomic mass is 10.1. The van der Waals surface area contributed by atoms with Gasteiger partial charge >= 0.3 is 0 Å². The van der Waals surface area contributed by atoms with E-state index in [9.17, 15) is 14.9 Å². The number of thioether (sulfide) groups is 1. The Bertz CT molecular complexity index is 467. The quantitative estimate of drug-likeness (QED) is 0.458. The lowest BCUT2D eigenvalue weighted by Crippen LogP contribution is -2.53. The molecule has 6 nitrogen and oxygen atoms in total. The summed E-state index contributed by atoms with van der Waals surface area (Å²) in [5, 5.41) is 13.7. The highest BCUT2D eigenvalue weighted by Crippen LogP contribution is 2.30. The van der Waals surface area contributed by atoms with Crippen LogP contribution >= 0.6 is 11.8 Å². The van der Waals surface area contributed by atoms with Crippen molar-refractivity contribution in [1.29, 1.82) is 0 Å². The molecule has 1 unspecified atom stereocenters. The molecule has 1 amide bonds. The molecule has 18 heavy (non-hydrogen) atoms. The zero-order valence-electron chi connectivity index (χ0n) is 10.2. The summed E-state index contributed by atoms with van der Waals surface area (Å²) in [7, 11) is 1.63. The molecule has 1 aromatic carbocycles. The molecule has 0 bridgehead atoms. The number of carbonyl (C=O) groups is 1. The Labute approximate surface area is 109 Å². The fourth-order valence-corrected chi connectivity index (χ4v) is 2.41. The van der Waals surface area contributed by atoms with Crippen LogP contribution in [0.15, 0.2) is 29.2 Å². The first kappa shape index (κ1) is 14.5. The van der Waals surface area contributed by atoms with Gasteiger partial charge in [-0.05, 0) is 20.0 Å². The zero-order valence-corrected chi connectivity index (χ0v) is 11.0. The van der Waals surface area contributed by atoms with Crippen molar-refractivity contribution in [3.05, 3.63) is 34.4 Å². The number of benzene rings is 1. The number of nitro groups is 1. The monoisotopic (exact) mass is 269 g/mol. The Morgan fingerprint density at radius 2 is 2.17 bits per heavy atom. The Kier molecular flexibility index (Phi) is 4.69. The predicted molar refractivity (Wildman–Crippen MR) is 70.5 cm³/mol. The first-order valence-corrected chi connectivity index (χ1v) is 6.24. The normalized spacial score (nSPS) is 13.9. The molecule has 0 saturated heterocycles. The molecule has 0 radical (unpaired) electrons. The summed E-state index contributed by atoms with van der Waals surface area (Å²) in [6.07, 6.45) is 0. The number of nitrogens with zero attached hydrogens (tertiary/aromatic N) is 1. The molecule has 0 heterocycles. The van der Waals surface area contributed by atoms with Crippen LogP contribution in [0, 0.1) is 10.1 Å². The molecular formula is C11H15N3O3S. The van der Waals surface area contributed by atoms with E-state index < -0.39 is 16.4 Å². The standard InChI is InChI=1S/C11H15N3O3S/c1-11(13-2,10(12)15)7-18-9-6-4-3-5-8(9)14(16)17/h3-6,13H,7H2,1-2H3,(H2,12,15). The average molecular weight is 269 g/mol. The maximum Gasteiger partial charge on any atom is 0.282 e. The predicted octanol–water partition coefficient (Wildman–Crippen LogP) is 1.15. The molecular weight excluding hydrogens is 254 g/mol.